The van der Waals surface area contributed by atoms with Gasteiger partial charge in [0.15, 0.2) is 0 Å². The van der Waals surface area contributed by atoms with Crippen LogP contribution in [0, 0.1) is 5.92 Å². The number of anilines is 1. The molecule has 2 aromatic rings. The summed E-state index contributed by atoms with van der Waals surface area (Å²) in [6.07, 6.45) is 3.55. The highest BCUT2D eigenvalue weighted by atomic mass is 16.2. The summed E-state index contributed by atoms with van der Waals surface area (Å²) in [4.78, 5) is 31.2. The Morgan fingerprint density at radius 1 is 1.11 bits per heavy atom. The molecular weight excluding hydrogens is 338 g/mol. The van der Waals surface area contributed by atoms with Crippen molar-refractivity contribution in [2.45, 2.75) is 39.5 Å². The van der Waals surface area contributed by atoms with Crippen molar-refractivity contribution < 1.29 is 9.59 Å². The summed E-state index contributed by atoms with van der Waals surface area (Å²) < 4.78 is 0. The number of nitrogens with one attached hydrogen (secondary N) is 1. The Morgan fingerprint density at radius 3 is 2.41 bits per heavy atom. The van der Waals surface area contributed by atoms with Crippen LogP contribution in [-0.2, 0) is 0 Å². The van der Waals surface area contributed by atoms with Gasteiger partial charge in [0.05, 0.1) is 0 Å². The van der Waals surface area contributed by atoms with E-state index in [1.165, 1.54) is 11.8 Å². The van der Waals surface area contributed by atoms with Crippen LogP contribution in [-0.4, -0.2) is 34.8 Å². The van der Waals surface area contributed by atoms with Crippen molar-refractivity contribution >= 4 is 17.5 Å². The second-order valence-corrected chi connectivity index (χ2v) is 7.64. The maximum atomic E-state index is 12.7. The number of hydrogen-bond donors (Lipinski definition) is 1. The Bertz CT molecular complexity index is 807. The van der Waals surface area contributed by atoms with Crippen LogP contribution in [0.3, 0.4) is 0 Å². The van der Waals surface area contributed by atoms with Crippen molar-refractivity contribution in [1.29, 1.82) is 0 Å². The molecule has 2 heterocycles. The molecule has 0 spiro atoms. The number of benzene rings is 1. The first-order valence-corrected chi connectivity index (χ1v) is 9.60. The summed E-state index contributed by atoms with van der Waals surface area (Å²) in [7, 11) is 0. The van der Waals surface area contributed by atoms with Gasteiger partial charge in [-0.2, -0.15) is 0 Å². The van der Waals surface area contributed by atoms with Crippen LogP contribution >= 0.6 is 0 Å². The van der Waals surface area contributed by atoms with Gasteiger partial charge in [0.2, 0.25) is 0 Å². The van der Waals surface area contributed by atoms with Gasteiger partial charge in [-0.1, -0.05) is 32.9 Å². The molecule has 27 heavy (non-hydrogen) atoms. The number of aromatic nitrogens is 1. The average Bonchev–Trinajstić information content (AvgIpc) is 2.68. The Balaban J connectivity index is 1.69. The Hall–Kier alpha value is -2.69. The molecule has 1 aromatic carbocycles. The summed E-state index contributed by atoms with van der Waals surface area (Å²) in [6.45, 7) is 7.97. The minimum absolute atomic E-state index is 0.0992. The topological polar surface area (TPSA) is 62.3 Å². The normalized spacial score (nSPS) is 15.0. The van der Waals surface area contributed by atoms with Crippen molar-refractivity contribution in [1.82, 2.24) is 9.88 Å². The minimum atomic E-state index is -0.240. The molecule has 5 nitrogen and oxygen atoms in total. The van der Waals surface area contributed by atoms with E-state index in [0.29, 0.717) is 23.1 Å². The largest absolute Gasteiger partial charge is 0.337 e. The van der Waals surface area contributed by atoms with Crippen LogP contribution in [0.1, 0.15) is 65.9 Å². The Morgan fingerprint density at radius 2 is 1.78 bits per heavy atom. The number of likely N-dealkylation sites (tertiary alicyclic amines) is 1. The first-order valence-electron chi connectivity index (χ1n) is 9.60. The predicted octanol–water partition coefficient (Wildman–Crippen LogP) is 4.33. The highest BCUT2D eigenvalue weighted by molar-refractivity contribution is 6.05. The van der Waals surface area contributed by atoms with Crippen LogP contribution in [0.4, 0.5) is 5.69 Å². The maximum Gasteiger partial charge on any atom is 0.272 e. The van der Waals surface area contributed by atoms with E-state index in [-0.39, 0.29) is 11.8 Å². The minimum Gasteiger partial charge on any atom is -0.337 e. The molecule has 0 bridgehead atoms. The number of rotatable bonds is 4. The summed E-state index contributed by atoms with van der Waals surface area (Å²) in [5.41, 5.74) is 2.72. The number of amides is 2. The smallest absolute Gasteiger partial charge is 0.272 e. The third kappa shape index (κ3) is 4.73. The quantitative estimate of drug-likeness (QED) is 0.877. The lowest BCUT2D eigenvalue weighted by atomic mass is 9.99. The third-order valence-corrected chi connectivity index (χ3v) is 5.15. The fraction of sp³-hybridized carbons (Fsp3) is 0.409. The standard InChI is InChI=1S/C22H27N3O2/c1-15(2)17-4-6-19(7-5-17)24-21(26)18-8-11-23-20(14-18)22(27)25-12-9-16(3)10-13-25/h4-8,11,14-16H,9-10,12-13H2,1-3H3,(H,24,26). The van der Waals surface area contributed by atoms with Gasteiger partial charge in [-0.25, -0.2) is 0 Å². The molecule has 2 amide bonds. The second kappa shape index (κ2) is 8.33. The van der Waals surface area contributed by atoms with E-state index < -0.39 is 0 Å². The molecule has 1 aliphatic rings. The maximum absolute atomic E-state index is 12.7. The number of carbonyl (C=O) groups is 2. The molecule has 1 aliphatic heterocycles. The van der Waals surface area contributed by atoms with Gasteiger partial charge in [-0.3, -0.25) is 14.6 Å². The van der Waals surface area contributed by atoms with E-state index in [9.17, 15) is 9.59 Å². The number of nitrogens with zero attached hydrogens (tertiary/aromatic N) is 2. The highest BCUT2D eigenvalue weighted by Crippen LogP contribution is 2.19. The van der Waals surface area contributed by atoms with Gasteiger partial charge in [0.25, 0.3) is 11.8 Å². The van der Waals surface area contributed by atoms with E-state index in [2.05, 4.69) is 31.1 Å². The van der Waals surface area contributed by atoms with Gasteiger partial charge in [-0.05, 0) is 54.5 Å². The van der Waals surface area contributed by atoms with Crippen LogP contribution < -0.4 is 5.32 Å². The number of carbonyl (C=O) groups excluding carboxylic acids is 2. The molecule has 3 rings (SSSR count). The van der Waals surface area contributed by atoms with E-state index >= 15 is 0 Å². The van der Waals surface area contributed by atoms with Crippen LogP contribution in [0.2, 0.25) is 0 Å². The second-order valence-electron chi connectivity index (χ2n) is 7.64. The lowest BCUT2D eigenvalue weighted by Gasteiger charge is -2.30. The summed E-state index contributed by atoms with van der Waals surface area (Å²) in [6, 6.07) is 11.0. The molecule has 0 unspecified atom stereocenters. The molecule has 1 N–H and O–H groups in total. The van der Waals surface area contributed by atoms with Gasteiger partial charge in [-0.15, -0.1) is 0 Å². The molecule has 1 aromatic heterocycles. The van der Waals surface area contributed by atoms with Crippen molar-refractivity contribution in [2.75, 3.05) is 18.4 Å². The fourth-order valence-corrected chi connectivity index (χ4v) is 3.22. The third-order valence-electron chi connectivity index (χ3n) is 5.15. The first-order chi connectivity index (χ1) is 12.9. The molecule has 0 aliphatic carbocycles. The van der Waals surface area contributed by atoms with Crippen molar-refractivity contribution in [3.63, 3.8) is 0 Å². The highest BCUT2D eigenvalue weighted by Gasteiger charge is 2.23. The summed E-state index contributed by atoms with van der Waals surface area (Å²) in [5, 5.41) is 2.88. The molecule has 0 atom stereocenters. The van der Waals surface area contributed by atoms with E-state index in [4.69, 9.17) is 0 Å². The van der Waals surface area contributed by atoms with Gasteiger partial charge in [0.1, 0.15) is 5.69 Å². The Labute approximate surface area is 160 Å². The summed E-state index contributed by atoms with van der Waals surface area (Å²) >= 11 is 0. The van der Waals surface area contributed by atoms with Gasteiger partial charge < -0.3 is 10.2 Å². The molecule has 0 saturated carbocycles. The number of hydrogen-bond acceptors (Lipinski definition) is 3. The number of piperidine rings is 1. The first kappa shape index (κ1) is 19.1. The van der Waals surface area contributed by atoms with Gasteiger partial charge >= 0.3 is 0 Å². The molecule has 1 saturated heterocycles. The van der Waals surface area contributed by atoms with Crippen molar-refractivity contribution in [3.05, 3.63) is 59.4 Å². The monoisotopic (exact) mass is 365 g/mol. The zero-order valence-corrected chi connectivity index (χ0v) is 16.2. The lowest BCUT2D eigenvalue weighted by Crippen LogP contribution is -2.38. The van der Waals surface area contributed by atoms with E-state index in [1.54, 1.807) is 12.1 Å². The molecule has 1 fully saturated rings. The van der Waals surface area contributed by atoms with Crippen LogP contribution in [0.15, 0.2) is 42.6 Å². The molecule has 5 heteroatoms. The predicted molar refractivity (Wildman–Crippen MR) is 107 cm³/mol. The molecular formula is C22H27N3O2. The lowest BCUT2D eigenvalue weighted by molar-refractivity contribution is 0.0691. The zero-order valence-electron chi connectivity index (χ0n) is 16.2. The van der Waals surface area contributed by atoms with E-state index in [1.807, 2.05) is 29.2 Å². The van der Waals surface area contributed by atoms with Crippen molar-refractivity contribution in [2.24, 2.45) is 5.92 Å². The summed E-state index contributed by atoms with van der Waals surface area (Å²) in [5.74, 6) is 0.761. The van der Waals surface area contributed by atoms with E-state index in [0.717, 1.165) is 31.6 Å². The van der Waals surface area contributed by atoms with Crippen LogP contribution in [0.25, 0.3) is 0 Å². The number of pyridine rings is 1. The molecule has 142 valence electrons. The Kier molecular flexibility index (Phi) is 5.89. The fourth-order valence-electron chi connectivity index (χ4n) is 3.22. The SMILES string of the molecule is CC1CCN(C(=O)c2cc(C(=O)Nc3ccc(C(C)C)cc3)ccn2)CC1. The molecule has 0 radical (unpaired) electrons. The average molecular weight is 365 g/mol. The van der Waals surface area contributed by atoms with Crippen LogP contribution in [0.5, 0.6) is 0 Å². The van der Waals surface area contributed by atoms with Crippen molar-refractivity contribution in [3.8, 4) is 0 Å². The van der Waals surface area contributed by atoms with Gasteiger partial charge in [0, 0.05) is 30.5 Å². The zero-order chi connectivity index (χ0) is 19.4.